The van der Waals surface area contributed by atoms with Crippen LogP contribution in [-0.2, 0) is 13.2 Å². The van der Waals surface area contributed by atoms with Gasteiger partial charge in [-0.25, -0.2) is 0 Å². The Labute approximate surface area is 97.1 Å². The average Bonchev–Trinajstić information content (AvgIpc) is 2.21. The maximum Gasteiger partial charge on any atom is 0.0682 e. The molecule has 0 amide bonds. The highest BCUT2D eigenvalue weighted by molar-refractivity contribution is 5.37. The van der Waals surface area contributed by atoms with Crippen molar-refractivity contribution < 1.29 is 10.2 Å². The molecular weight excluding hydrogens is 202 g/mol. The van der Waals surface area contributed by atoms with Crippen LogP contribution in [0.1, 0.15) is 29.2 Å². The van der Waals surface area contributed by atoms with E-state index < -0.39 is 0 Å². The summed E-state index contributed by atoms with van der Waals surface area (Å²) in [4.78, 5) is 0. The lowest BCUT2D eigenvalue weighted by Crippen LogP contribution is -2.24. The van der Waals surface area contributed by atoms with E-state index in [4.69, 9.17) is 10.2 Å². The first kappa shape index (κ1) is 13.2. The SMILES string of the molecule is Cc1cc(CO)cc(C)c1CNC[C@H](C)O. The minimum Gasteiger partial charge on any atom is -0.392 e. The first-order chi connectivity index (χ1) is 7.54. The Morgan fingerprint density at radius 1 is 1.25 bits per heavy atom. The van der Waals surface area contributed by atoms with Crippen molar-refractivity contribution in [1.82, 2.24) is 5.32 Å². The van der Waals surface area contributed by atoms with Crippen molar-refractivity contribution in [3.63, 3.8) is 0 Å². The molecule has 0 heterocycles. The molecule has 3 heteroatoms. The molecule has 1 aromatic rings. The third kappa shape index (κ3) is 3.59. The molecule has 0 aliphatic heterocycles. The minimum atomic E-state index is -0.322. The summed E-state index contributed by atoms with van der Waals surface area (Å²) in [5.74, 6) is 0. The van der Waals surface area contributed by atoms with Crippen LogP contribution in [0.5, 0.6) is 0 Å². The molecule has 1 rings (SSSR count). The molecule has 1 aromatic carbocycles. The molecule has 0 radical (unpaired) electrons. The smallest absolute Gasteiger partial charge is 0.0682 e. The summed E-state index contributed by atoms with van der Waals surface area (Å²) < 4.78 is 0. The quantitative estimate of drug-likeness (QED) is 0.704. The fraction of sp³-hybridized carbons (Fsp3) is 0.538. The highest BCUT2D eigenvalue weighted by Crippen LogP contribution is 2.16. The van der Waals surface area contributed by atoms with Crippen LogP contribution in [0, 0.1) is 13.8 Å². The number of nitrogens with one attached hydrogen (secondary N) is 1. The monoisotopic (exact) mass is 223 g/mol. The molecule has 90 valence electrons. The van der Waals surface area contributed by atoms with Crippen LogP contribution in [0.25, 0.3) is 0 Å². The van der Waals surface area contributed by atoms with Crippen LogP contribution < -0.4 is 5.32 Å². The van der Waals surface area contributed by atoms with Gasteiger partial charge in [0, 0.05) is 13.1 Å². The average molecular weight is 223 g/mol. The number of rotatable bonds is 5. The lowest BCUT2D eigenvalue weighted by atomic mass is 9.99. The van der Waals surface area contributed by atoms with E-state index in [2.05, 4.69) is 5.32 Å². The lowest BCUT2D eigenvalue weighted by Gasteiger charge is -2.13. The van der Waals surface area contributed by atoms with Gasteiger partial charge in [-0.15, -0.1) is 0 Å². The maximum absolute atomic E-state index is 9.16. The molecule has 16 heavy (non-hydrogen) atoms. The van der Waals surface area contributed by atoms with Crippen LogP contribution in [0.2, 0.25) is 0 Å². The van der Waals surface area contributed by atoms with Crippen molar-refractivity contribution in [2.45, 2.75) is 40.0 Å². The van der Waals surface area contributed by atoms with E-state index in [0.29, 0.717) is 6.54 Å². The Balaban J connectivity index is 2.72. The van der Waals surface area contributed by atoms with Gasteiger partial charge in [-0.2, -0.15) is 0 Å². The topological polar surface area (TPSA) is 52.5 Å². The number of aliphatic hydroxyl groups is 2. The maximum atomic E-state index is 9.16. The van der Waals surface area contributed by atoms with Crippen molar-refractivity contribution in [3.8, 4) is 0 Å². The second-order valence-corrected chi connectivity index (χ2v) is 4.35. The number of hydrogen-bond acceptors (Lipinski definition) is 3. The summed E-state index contributed by atoms with van der Waals surface area (Å²) in [5, 5.41) is 21.4. The molecule has 3 nitrogen and oxygen atoms in total. The second kappa shape index (κ2) is 5.99. The minimum absolute atomic E-state index is 0.0864. The predicted octanol–water partition coefficient (Wildman–Crippen LogP) is 1.27. The molecule has 0 aliphatic rings. The van der Waals surface area contributed by atoms with Gasteiger partial charge in [0.2, 0.25) is 0 Å². The molecular formula is C13H21NO2. The highest BCUT2D eigenvalue weighted by atomic mass is 16.3. The molecule has 0 aliphatic carbocycles. The molecule has 0 bridgehead atoms. The van der Waals surface area contributed by atoms with E-state index in [-0.39, 0.29) is 12.7 Å². The van der Waals surface area contributed by atoms with Crippen molar-refractivity contribution in [1.29, 1.82) is 0 Å². The van der Waals surface area contributed by atoms with E-state index in [1.807, 2.05) is 26.0 Å². The van der Waals surface area contributed by atoms with Gasteiger partial charge in [-0.1, -0.05) is 12.1 Å². The zero-order chi connectivity index (χ0) is 12.1. The molecule has 0 saturated heterocycles. The summed E-state index contributed by atoms with van der Waals surface area (Å²) >= 11 is 0. The molecule has 0 fully saturated rings. The summed E-state index contributed by atoms with van der Waals surface area (Å²) in [6.07, 6.45) is -0.322. The Kier molecular flexibility index (Phi) is 4.93. The zero-order valence-electron chi connectivity index (χ0n) is 10.2. The number of aryl methyl sites for hydroxylation is 2. The normalized spacial score (nSPS) is 12.8. The van der Waals surface area contributed by atoms with Gasteiger partial charge in [0.25, 0.3) is 0 Å². The Hall–Kier alpha value is -0.900. The predicted molar refractivity (Wildman–Crippen MR) is 65.2 cm³/mol. The summed E-state index contributed by atoms with van der Waals surface area (Å²) in [6.45, 7) is 7.30. The van der Waals surface area contributed by atoms with Crippen molar-refractivity contribution in [2.24, 2.45) is 0 Å². The molecule has 0 saturated carbocycles. The van der Waals surface area contributed by atoms with Gasteiger partial charge in [0.1, 0.15) is 0 Å². The fourth-order valence-corrected chi connectivity index (χ4v) is 1.86. The molecule has 0 spiro atoms. The van der Waals surface area contributed by atoms with E-state index >= 15 is 0 Å². The second-order valence-electron chi connectivity index (χ2n) is 4.35. The molecule has 3 N–H and O–H groups in total. The van der Waals surface area contributed by atoms with Crippen molar-refractivity contribution >= 4 is 0 Å². The summed E-state index contributed by atoms with van der Waals surface area (Å²) in [7, 11) is 0. The van der Waals surface area contributed by atoms with Gasteiger partial charge in [0.05, 0.1) is 12.7 Å². The van der Waals surface area contributed by atoms with Crippen LogP contribution in [0.3, 0.4) is 0 Å². The van der Waals surface area contributed by atoms with E-state index in [1.165, 1.54) is 16.7 Å². The molecule has 0 unspecified atom stereocenters. The van der Waals surface area contributed by atoms with E-state index in [9.17, 15) is 0 Å². The van der Waals surface area contributed by atoms with Crippen LogP contribution in [0.15, 0.2) is 12.1 Å². The van der Waals surface area contributed by atoms with Crippen LogP contribution in [0.4, 0.5) is 0 Å². The number of aliphatic hydroxyl groups excluding tert-OH is 2. The van der Waals surface area contributed by atoms with Crippen LogP contribution in [-0.4, -0.2) is 22.9 Å². The standard InChI is InChI=1S/C13H21NO2/c1-9-4-12(8-15)5-10(2)13(9)7-14-6-11(3)16/h4-5,11,14-16H,6-8H2,1-3H3/t11-/m0/s1. The first-order valence-corrected chi connectivity index (χ1v) is 5.63. The Morgan fingerprint density at radius 2 is 1.81 bits per heavy atom. The molecule has 1 atom stereocenters. The van der Waals surface area contributed by atoms with Crippen molar-refractivity contribution in [2.75, 3.05) is 6.54 Å². The fourth-order valence-electron chi connectivity index (χ4n) is 1.86. The summed E-state index contributed by atoms with van der Waals surface area (Å²) in [6, 6.07) is 4.01. The Bertz CT molecular complexity index is 325. The van der Waals surface area contributed by atoms with Gasteiger partial charge in [0.15, 0.2) is 0 Å². The third-order valence-corrected chi connectivity index (χ3v) is 2.68. The highest BCUT2D eigenvalue weighted by Gasteiger charge is 2.05. The van der Waals surface area contributed by atoms with Gasteiger partial charge in [-0.05, 0) is 43.0 Å². The largest absolute Gasteiger partial charge is 0.392 e. The zero-order valence-corrected chi connectivity index (χ0v) is 10.2. The third-order valence-electron chi connectivity index (χ3n) is 2.68. The number of benzene rings is 1. The van der Waals surface area contributed by atoms with Crippen molar-refractivity contribution in [3.05, 3.63) is 34.4 Å². The van der Waals surface area contributed by atoms with Gasteiger partial charge < -0.3 is 15.5 Å². The Morgan fingerprint density at radius 3 is 2.25 bits per heavy atom. The molecule has 0 aromatic heterocycles. The lowest BCUT2D eigenvalue weighted by molar-refractivity contribution is 0.191. The summed E-state index contributed by atoms with van der Waals surface area (Å²) in [5.41, 5.74) is 4.57. The van der Waals surface area contributed by atoms with E-state index in [1.54, 1.807) is 6.92 Å². The van der Waals surface area contributed by atoms with Gasteiger partial charge in [-0.3, -0.25) is 0 Å². The van der Waals surface area contributed by atoms with E-state index in [0.717, 1.165) is 12.1 Å². The first-order valence-electron chi connectivity index (χ1n) is 5.63. The number of hydrogen-bond donors (Lipinski definition) is 3. The van der Waals surface area contributed by atoms with Crippen LogP contribution >= 0.6 is 0 Å². The van der Waals surface area contributed by atoms with Gasteiger partial charge >= 0.3 is 0 Å².